The van der Waals surface area contributed by atoms with E-state index in [1.54, 1.807) is 35.3 Å². The largest absolute Gasteiger partial charge is 0.455 e. The van der Waals surface area contributed by atoms with Crippen molar-refractivity contribution in [3.8, 4) is 0 Å². The van der Waals surface area contributed by atoms with Gasteiger partial charge in [-0.25, -0.2) is 0 Å². The van der Waals surface area contributed by atoms with Gasteiger partial charge in [-0.2, -0.15) is 0 Å². The summed E-state index contributed by atoms with van der Waals surface area (Å²) < 4.78 is 18.8. The molecule has 2 fully saturated rings. The van der Waals surface area contributed by atoms with E-state index in [9.17, 15) is 14.7 Å². The highest BCUT2D eigenvalue weighted by Crippen LogP contribution is 2.55. The zero-order valence-corrected chi connectivity index (χ0v) is 30.1. The lowest BCUT2D eigenvalue weighted by molar-refractivity contribution is -0.162. The van der Waals surface area contributed by atoms with Gasteiger partial charge in [0.05, 0.1) is 37.3 Å². The summed E-state index contributed by atoms with van der Waals surface area (Å²) in [5.74, 6) is -4.18. The molecule has 276 valence electrons. The van der Waals surface area contributed by atoms with Gasteiger partial charge in [0.1, 0.15) is 23.7 Å². The van der Waals surface area contributed by atoms with Gasteiger partial charge < -0.3 is 34.4 Å². The number of esters is 1. The van der Waals surface area contributed by atoms with Crippen molar-refractivity contribution in [2.45, 2.75) is 62.6 Å². The molecule has 0 aliphatic carbocycles. The lowest BCUT2D eigenvalue weighted by atomic mass is 9.77. The quantitative estimate of drug-likeness (QED) is 0.273. The number of anilines is 1. The number of fused-ring (bicyclic) bond motifs is 2. The number of amides is 3. The monoisotopic (exact) mass is 719 g/mol. The number of nitrogens with one attached hydrogen (secondary N) is 1. The molecule has 3 aromatic rings. The Kier molecular flexibility index (Phi) is 10.3. The summed E-state index contributed by atoms with van der Waals surface area (Å²) in [5, 5.41) is 13.9. The molecular formula is C42H45N3O8. The predicted molar refractivity (Wildman–Crippen MR) is 196 cm³/mol. The third-order valence-corrected chi connectivity index (χ3v) is 10.9. The first-order chi connectivity index (χ1) is 25.7. The molecule has 7 rings (SSSR count). The molecule has 4 heterocycles. The topological polar surface area (TPSA) is 135 Å². The highest BCUT2D eigenvalue weighted by Gasteiger charge is 2.73. The van der Waals surface area contributed by atoms with Crippen LogP contribution < -0.4 is 10.2 Å². The van der Waals surface area contributed by atoms with Crippen LogP contribution in [0.4, 0.5) is 5.69 Å². The van der Waals surface area contributed by atoms with Crippen LogP contribution in [-0.2, 0) is 33.4 Å². The molecule has 1 spiro atoms. The molecule has 4 aliphatic rings. The average Bonchev–Trinajstić information content (AvgIpc) is 3.54. The highest BCUT2D eigenvalue weighted by atomic mass is 16.6. The Labute approximate surface area is 309 Å². The van der Waals surface area contributed by atoms with E-state index >= 15 is 9.59 Å². The van der Waals surface area contributed by atoms with E-state index in [4.69, 9.17) is 14.2 Å². The minimum atomic E-state index is -1.59. The fourth-order valence-electron chi connectivity index (χ4n) is 8.63. The SMILES string of the molecule is COC[C@H]1NC(=O)CC/C=C\[C@H]2O[C@]34C=CCN(c5c(C)cccc5C)C(=O)[C@H]3N([C@H](CO)c3ccccc3)C(=O)[C@@H]4[C@H]2C(=O)O[C@@H]1c1ccccc1. The maximum atomic E-state index is 15.2. The molecule has 53 heavy (non-hydrogen) atoms. The number of allylic oxidation sites excluding steroid dienone is 1. The lowest BCUT2D eigenvalue weighted by Gasteiger charge is -2.39. The van der Waals surface area contributed by atoms with E-state index < -0.39 is 66.3 Å². The lowest BCUT2D eigenvalue weighted by Crippen LogP contribution is -2.56. The van der Waals surface area contributed by atoms with Crippen molar-refractivity contribution in [1.82, 2.24) is 10.2 Å². The molecule has 0 saturated carbocycles. The number of hydrogen-bond donors (Lipinski definition) is 2. The molecule has 2 N–H and O–H groups in total. The van der Waals surface area contributed by atoms with Gasteiger partial charge in [0.15, 0.2) is 0 Å². The molecule has 8 atom stereocenters. The minimum Gasteiger partial charge on any atom is -0.455 e. The summed E-state index contributed by atoms with van der Waals surface area (Å²) in [6.45, 7) is 3.66. The Morgan fingerprint density at radius 2 is 1.62 bits per heavy atom. The average molecular weight is 720 g/mol. The van der Waals surface area contributed by atoms with Crippen LogP contribution in [0.5, 0.6) is 0 Å². The van der Waals surface area contributed by atoms with E-state index in [2.05, 4.69) is 5.32 Å². The number of carbonyl (C=O) groups excluding carboxylic acids is 4. The Balaban J connectivity index is 1.38. The van der Waals surface area contributed by atoms with Crippen molar-refractivity contribution in [3.05, 3.63) is 125 Å². The molecule has 2 saturated heterocycles. The molecule has 0 radical (unpaired) electrons. The summed E-state index contributed by atoms with van der Waals surface area (Å²) in [5.41, 5.74) is 2.18. The second kappa shape index (κ2) is 15.1. The van der Waals surface area contributed by atoms with E-state index in [0.717, 1.165) is 16.8 Å². The van der Waals surface area contributed by atoms with Crippen molar-refractivity contribution in [3.63, 3.8) is 0 Å². The molecule has 3 aromatic carbocycles. The van der Waals surface area contributed by atoms with Gasteiger partial charge in [0.25, 0.3) is 5.91 Å². The Bertz CT molecular complexity index is 1900. The van der Waals surface area contributed by atoms with E-state index in [1.165, 1.54) is 12.0 Å². The number of carbonyl (C=O) groups is 4. The van der Waals surface area contributed by atoms with Crippen molar-refractivity contribution in [1.29, 1.82) is 0 Å². The number of para-hydroxylation sites is 1. The third-order valence-electron chi connectivity index (χ3n) is 10.9. The summed E-state index contributed by atoms with van der Waals surface area (Å²) in [4.78, 5) is 61.4. The van der Waals surface area contributed by atoms with Gasteiger partial charge in [0, 0.05) is 25.8 Å². The Hall–Kier alpha value is -5.10. The molecule has 11 nitrogen and oxygen atoms in total. The molecule has 0 unspecified atom stereocenters. The van der Waals surface area contributed by atoms with Crippen LogP contribution in [0.1, 0.15) is 47.2 Å². The normalized spacial score (nSPS) is 29.9. The summed E-state index contributed by atoms with van der Waals surface area (Å²) in [7, 11) is 1.51. The van der Waals surface area contributed by atoms with Crippen LogP contribution in [0.25, 0.3) is 0 Å². The zero-order valence-electron chi connectivity index (χ0n) is 30.1. The van der Waals surface area contributed by atoms with Crippen molar-refractivity contribution < 1.29 is 38.5 Å². The number of cyclic esters (lactones) is 1. The van der Waals surface area contributed by atoms with Gasteiger partial charge in [-0.05, 0) is 42.5 Å². The fraction of sp³-hybridized carbons (Fsp3) is 0.381. The zero-order chi connectivity index (χ0) is 37.3. The number of methoxy groups -OCH3 is 1. The van der Waals surface area contributed by atoms with Crippen LogP contribution >= 0.6 is 0 Å². The van der Waals surface area contributed by atoms with Gasteiger partial charge in [-0.15, -0.1) is 0 Å². The van der Waals surface area contributed by atoms with Crippen LogP contribution in [0, 0.1) is 25.7 Å². The van der Waals surface area contributed by atoms with Gasteiger partial charge in [0.2, 0.25) is 11.8 Å². The van der Waals surface area contributed by atoms with E-state index in [-0.39, 0.29) is 31.4 Å². The standard InChI is InChI=1S/C42H45N3O8/c1-26-14-12-15-27(2)36(26)44-23-13-22-42-35(39(48)45(38(42)40(44)49)31(24-46)28-16-6-4-7-17-28)34-32(53-42)20-10-11-21-33(47)43-30(25-51-3)37(52-41(34)50)29-18-8-5-9-19-29/h4-10,12-20,22,30-32,34-35,37-38,46H,11,21,23-25H2,1-3H3,(H,43,47)/b20-10-/t30-,31-,32-,34+,35+,37-,38-,42+/m1/s1. The first kappa shape index (κ1) is 36.3. The predicted octanol–water partition coefficient (Wildman–Crippen LogP) is 4.29. The summed E-state index contributed by atoms with van der Waals surface area (Å²) in [6.07, 6.45) is 5.66. The van der Waals surface area contributed by atoms with Crippen molar-refractivity contribution in [2.75, 3.05) is 31.8 Å². The number of hydrogen-bond acceptors (Lipinski definition) is 8. The van der Waals surface area contributed by atoms with Gasteiger partial charge in [-0.3, -0.25) is 19.2 Å². The number of benzene rings is 3. The van der Waals surface area contributed by atoms with Gasteiger partial charge in [-0.1, -0.05) is 103 Å². The fourth-order valence-corrected chi connectivity index (χ4v) is 8.63. The summed E-state index contributed by atoms with van der Waals surface area (Å²) in [6, 6.07) is 21.1. The number of aliphatic hydroxyl groups is 1. The number of nitrogens with zero attached hydrogens (tertiary/aromatic N) is 2. The molecule has 3 amide bonds. The first-order valence-corrected chi connectivity index (χ1v) is 18.1. The van der Waals surface area contributed by atoms with Crippen LogP contribution in [0.15, 0.2) is 103 Å². The van der Waals surface area contributed by atoms with Crippen LogP contribution in [0.2, 0.25) is 0 Å². The number of aryl methyl sites for hydroxylation is 2. The Morgan fingerprint density at radius 3 is 2.30 bits per heavy atom. The first-order valence-electron chi connectivity index (χ1n) is 18.1. The number of ether oxygens (including phenoxy) is 3. The molecule has 4 aliphatic heterocycles. The van der Waals surface area contributed by atoms with Gasteiger partial charge >= 0.3 is 5.97 Å². The number of rotatable bonds is 7. The molecule has 0 bridgehead atoms. The second-order valence-corrected chi connectivity index (χ2v) is 14.2. The maximum Gasteiger partial charge on any atom is 0.313 e. The number of aliphatic hydroxyl groups excluding tert-OH is 1. The van der Waals surface area contributed by atoms with Crippen LogP contribution in [-0.4, -0.2) is 84.4 Å². The maximum absolute atomic E-state index is 15.2. The van der Waals surface area contributed by atoms with E-state index in [0.29, 0.717) is 17.5 Å². The minimum absolute atomic E-state index is 0.0574. The molecule has 11 heteroatoms. The molecule has 0 aromatic heterocycles. The third kappa shape index (κ3) is 6.47. The van der Waals surface area contributed by atoms with Crippen molar-refractivity contribution >= 4 is 29.4 Å². The van der Waals surface area contributed by atoms with Crippen molar-refractivity contribution in [2.24, 2.45) is 11.8 Å². The summed E-state index contributed by atoms with van der Waals surface area (Å²) >= 11 is 0. The second-order valence-electron chi connectivity index (χ2n) is 14.2. The van der Waals surface area contributed by atoms with E-state index in [1.807, 2.05) is 86.7 Å². The highest BCUT2D eigenvalue weighted by molar-refractivity contribution is 6.06. The smallest absolute Gasteiger partial charge is 0.313 e. The van der Waals surface area contributed by atoms with Crippen LogP contribution in [0.3, 0.4) is 0 Å². The Morgan fingerprint density at radius 1 is 0.925 bits per heavy atom. The number of likely N-dealkylation sites (tertiary alicyclic amines) is 1. The molecular weight excluding hydrogens is 674 g/mol.